The van der Waals surface area contributed by atoms with Crippen LogP contribution in [-0.2, 0) is 0 Å². The van der Waals surface area contributed by atoms with Crippen molar-refractivity contribution in [3.63, 3.8) is 0 Å². The molecule has 0 saturated heterocycles. The van der Waals surface area contributed by atoms with Crippen molar-refractivity contribution >= 4 is 0 Å². The molecule has 0 radical (unpaired) electrons. The molecule has 0 heterocycles. The molecule has 2 aliphatic carbocycles. The minimum atomic E-state index is 0.655. The summed E-state index contributed by atoms with van der Waals surface area (Å²) >= 11 is 0. The van der Waals surface area contributed by atoms with E-state index in [-0.39, 0.29) is 0 Å². The highest BCUT2D eigenvalue weighted by atomic mass is 14.4. The van der Waals surface area contributed by atoms with Gasteiger partial charge in [-0.1, -0.05) is 74.1 Å². The van der Waals surface area contributed by atoms with Gasteiger partial charge in [-0.15, -0.1) is 0 Å². The minimum Gasteiger partial charge on any atom is -0.0853 e. The van der Waals surface area contributed by atoms with Crippen molar-refractivity contribution in [3.8, 4) is 0 Å². The SMILES string of the molecule is CCC1(CCC(CC2=CCCCC2)c2ccc(C)cc2)CCCCC1. The summed E-state index contributed by atoms with van der Waals surface area (Å²) in [6.07, 6.45) is 20.9. The Morgan fingerprint density at radius 3 is 2.36 bits per heavy atom. The summed E-state index contributed by atoms with van der Waals surface area (Å²) in [5.74, 6) is 0.732. The van der Waals surface area contributed by atoms with Gasteiger partial charge in [0.05, 0.1) is 0 Å². The van der Waals surface area contributed by atoms with E-state index in [1.54, 1.807) is 11.1 Å². The third-order valence-corrected chi connectivity index (χ3v) is 7.13. The zero-order valence-corrected chi connectivity index (χ0v) is 16.7. The number of benzene rings is 1. The molecule has 0 N–H and O–H groups in total. The van der Waals surface area contributed by atoms with Crippen molar-refractivity contribution in [3.05, 3.63) is 47.0 Å². The Kier molecular flexibility index (Phi) is 6.79. The average Bonchev–Trinajstić information content (AvgIpc) is 2.67. The van der Waals surface area contributed by atoms with Crippen molar-refractivity contribution in [1.29, 1.82) is 0 Å². The number of rotatable bonds is 7. The van der Waals surface area contributed by atoms with Crippen molar-refractivity contribution in [2.45, 2.75) is 103 Å². The van der Waals surface area contributed by atoms with E-state index < -0.39 is 0 Å². The lowest BCUT2D eigenvalue weighted by molar-refractivity contribution is 0.156. The summed E-state index contributed by atoms with van der Waals surface area (Å²) in [7, 11) is 0. The maximum Gasteiger partial charge on any atom is -0.0125 e. The van der Waals surface area contributed by atoms with Crippen LogP contribution >= 0.6 is 0 Å². The molecule has 25 heavy (non-hydrogen) atoms. The molecule has 1 unspecified atom stereocenters. The molecule has 1 saturated carbocycles. The standard InChI is InChI=1S/C25H38/c1-3-25(17-8-5-9-18-25)19-16-24(20-22-10-6-4-7-11-22)23-14-12-21(2)13-15-23/h10,12-15,24H,3-9,11,16-20H2,1-2H3. The molecule has 1 atom stereocenters. The van der Waals surface area contributed by atoms with E-state index in [1.165, 1.54) is 89.0 Å². The molecule has 0 aromatic heterocycles. The van der Waals surface area contributed by atoms with Crippen LogP contribution in [0.5, 0.6) is 0 Å². The zero-order valence-electron chi connectivity index (χ0n) is 16.7. The maximum absolute atomic E-state index is 2.56. The molecule has 0 aliphatic heterocycles. The van der Waals surface area contributed by atoms with Crippen LogP contribution in [0.25, 0.3) is 0 Å². The lowest BCUT2D eigenvalue weighted by atomic mass is 9.68. The Bertz CT molecular complexity index is 542. The van der Waals surface area contributed by atoms with Crippen molar-refractivity contribution in [1.82, 2.24) is 0 Å². The van der Waals surface area contributed by atoms with Gasteiger partial charge in [-0.05, 0) is 81.6 Å². The molecular weight excluding hydrogens is 300 g/mol. The molecule has 0 nitrogen and oxygen atoms in total. The van der Waals surface area contributed by atoms with Crippen molar-refractivity contribution < 1.29 is 0 Å². The highest BCUT2D eigenvalue weighted by molar-refractivity contribution is 5.26. The van der Waals surface area contributed by atoms with E-state index in [9.17, 15) is 0 Å². The summed E-state index contributed by atoms with van der Waals surface area (Å²) < 4.78 is 0. The molecule has 0 amide bonds. The molecule has 0 spiro atoms. The fourth-order valence-corrected chi connectivity index (χ4v) is 5.19. The van der Waals surface area contributed by atoms with Crippen molar-refractivity contribution in [2.75, 3.05) is 0 Å². The molecule has 0 heteroatoms. The highest BCUT2D eigenvalue weighted by Crippen LogP contribution is 2.45. The average molecular weight is 339 g/mol. The summed E-state index contributed by atoms with van der Waals surface area (Å²) in [5, 5.41) is 0. The first kappa shape index (κ1) is 18.7. The van der Waals surface area contributed by atoms with Crippen LogP contribution in [0.15, 0.2) is 35.9 Å². The highest BCUT2D eigenvalue weighted by Gasteiger charge is 2.31. The Labute approximate surface area is 156 Å². The molecule has 2 aliphatic rings. The molecule has 138 valence electrons. The summed E-state index contributed by atoms with van der Waals surface area (Å²) in [6, 6.07) is 9.44. The van der Waals surface area contributed by atoms with Crippen LogP contribution < -0.4 is 0 Å². The van der Waals surface area contributed by atoms with Gasteiger partial charge in [0.1, 0.15) is 0 Å². The summed E-state index contributed by atoms with van der Waals surface area (Å²) in [5.41, 5.74) is 5.36. The predicted octanol–water partition coefficient (Wildman–Crippen LogP) is 8.11. The van der Waals surface area contributed by atoms with Crippen LogP contribution in [0.4, 0.5) is 0 Å². The maximum atomic E-state index is 2.56. The fraction of sp³-hybridized carbons (Fsp3) is 0.680. The number of hydrogen-bond acceptors (Lipinski definition) is 0. The van der Waals surface area contributed by atoms with Gasteiger partial charge in [-0.25, -0.2) is 0 Å². The van der Waals surface area contributed by atoms with E-state index in [0.717, 1.165) is 5.92 Å². The Morgan fingerprint density at radius 2 is 1.72 bits per heavy atom. The van der Waals surface area contributed by atoms with Crippen LogP contribution in [0.3, 0.4) is 0 Å². The zero-order chi connectivity index (χ0) is 17.5. The topological polar surface area (TPSA) is 0 Å². The summed E-state index contributed by atoms with van der Waals surface area (Å²) in [6.45, 7) is 4.65. The normalized spacial score (nSPS) is 21.6. The van der Waals surface area contributed by atoms with Gasteiger partial charge in [-0.2, -0.15) is 0 Å². The first-order valence-corrected chi connectivity index (χ1v) is 11.0. The molecule has 1 aromatic rings. The lowest BCUT2D eigenvalue weighted by Crippen LogP contribution is -2.24. The lowest BCUT2D eigenvalue weighted by Gasteiger charge is -2.38. The van der Waals surface area contributed by atoms with Gasteiger partial charge in [-0.3, -0.25) is 0 Å². The molecule has 3 rings (SSSR count). The Balaban J connectivity index is 1.71. The first-order valence-electron chi connectivity index (χ1n) is 11.0. The second kappa shape index (κ2) is 9.06. The van der Waals surface area contributed by atoms with E-state index in [1.807, 2.05) is 0 Å². The number of aryl methyl sites for hydroxylation is 1. The fourth-order valence-electron chi connectivity index (χ4n) is 5.19. The molecular formula is C25H38. The Hall–Kier alpha value is -1.04. The number of allylic oxidation sites excluding steroid dienone is 2. The van der Waals surface area contributed by atoms with Gasteiger partial charge in [0.25, 0.3) is 0 Å². The molecule has 1 aromatic carbocycles. The van der Waals surface area contributed by atoms with Gasteiger partial charge >= 0.3 is 0 Å². The van der Waals surface area contributed by atoms with E-state index in [0.29, 0.717) is 5.41 Å². The largest absolute Gasteiger partial charge is 0.0853 e. The van der Waals surface area contributed by atoms with E-state index in [2.05, 4.69) is 44.2 Å². The van der Waals surface area contributed by atoms with Crippen molar-refractivity contribution in [2.24, 2.45) is 5.41 Å². The van der Waals surface area contributed by atoms with Gasteiger partial charge in [0.2, 0.25) is 0 Å². The van der Waals surface area contributed by atoms with Gasteiger partial charge in [0, 0.05) is 0 Å². The second-order valence-electron chi connectivity index (χ2n) is 8.87. The van der Waals surface area contributed by atoms with Gasteiger partial charge < -0.3 is 0 Å². The third kappa shape index (κ3) is 5.22. The predicted molar refractivity (Wildman–Crippen MR) is 110 cm³/mol. The first-order chi connectivity index (χ1) is 12.2. The Morgan fingerprint density at radius 1 is 0.960 bits per heavy atom. The van der Waals surface area contributed by atoms with Gasteiger partial charge in [0.15, 0.2) is 0 Å². The van der Waals surface area contributed by atoms with E-state index in [4.69, 9.17) is 0 Å². The quantitative estimate of drug-likeness (QED) is 0.440. The van der Waals surface area contributed by atoms with E-state index >= 15 is 0 Å². The third-order valence-electron chi connectivity index (χ3n) is 7.13. The monoisotopic (exact) mass is 338 g/mol. The molecule has 0 bridgehead atoms. The smallest absolute Gasteiger partial charge is 0.0125 e. The second-order valence-corrected chi connectivity index (χ2v) is 8.87. The van der Waals surface area contributed by atoms with Crippen LogP contribution in [0.1, 0.15) is 107 Å². The molecule has 1 fully saturated rings. The van der Waals surface area contributed by atoms with Crippen LogP contribution in [0.2, 0.25) is 0 Å². The summed E-state index contributed by atoms with van der Waals surface area (Å²) in [4.78, 5) is 0. The number of hydrogen-bond donors (Lipinski definition) is 0. The van der Waals surface area contributed by atoms with Crippen LogP contribution in [-0.4, -0.2) is 0 Å². The van der Waals surface area contributed by atoms with Crippen LogP contribution in [0, 0.1) is 12.3 Å². The minimum absolute atomic E-state index is 0.655.